The van der Waals surface area contributed by atoms with Crippen molar-refractivity contribution in [1.82, 2.24) is 0 Å². The topological polar surface area (TPSA) is 44.8 Å². The molecule has 0 bridgehead atoms. The van der Waals surface area contributed by atoms with Crippen LogP contribution >= 0.6 is 0 Å². The normalized spacial score (nSPS) is 15.3. The number of ether oxygens (including phenoxy) is 3. The molecule has 0 aliphatic heterocycles. The highest BCUT2D eigenvalue weighted by atomic mass is 16.5. The van der Waals surface area contributed by atoms with Crippen LogP contribution in [0, 0.1) is 0 Å². The first-order chi connectivity index (χ1) is 9.26. The molecule has 0 aromatic heterocycles. The fraction of sp³-hybridized carbons (Fsp3) is 0.533. The quantitative estimate of drug-likeness (QED) is 0.500. The Labute approximate surface area is 114 Å². The number of carbonyl (C=O) groups excluding carboxylic acids is 1. The van der Waals surface area contributed by atoms with Crippen molar-refractivity contribution in [1.29, 1.82) is 0 Å². The van der Waals surface area contributed by atoms with Crippen LogP contribution in [0.25, 0.3) is 0 Å². The highest BCUT2D eigenvalue weighted by molar-refractivity contribution is 5.81. The Morgan fingerprint density at radius 3 is 2.63 bits per heavy atom. The largest absolute Gasteiger partial charge is 0.497 e. The molecule has 1 rings (SSSR count). The Kier molecular flexibility index (Phi) is 6.79. The molecule has 106 valence electrons. The number of allylic oxidation sites excluding steroid dienone is 3. The van der Waals surface area contributed by atoms with Crippen molar-refractivity contribution in [3.63, 3.8) is 0 Å². The van der Waals surface area contributed by atoms with Crippen molar-refractivity contribution in [2.75, 3.05) is 20.8 Å². The zero-order valence-corrected chi connectivity index (χ0v) is 11.9. The Hall–Kier alpha value is -1.71. The van der Waals surface area contributed by atoms with Gasteiger partial charge in [0.15, 0.2) is 6.29 Å². The summed E-state index contributed by atoms with van der Waals surface area (Å²) < 4.78 is 16.2. The second kappa shape index (κ2) is 8.40. The van der Waals surface area contributed by atoms with Crippen molar-refractivity contribution in [2.24, 2.45) is 0 Å². The molecule has 1 aliphatic rings. The fourth-order valence-corrected chi connectivity index (χ4v) is 1.84. The van der Waals surface area contributed by atoms with Gasteiger partial charge in [-0.3, -0.25) is 4.79 Å². The number of aldehydes is 1. The first-order valence-electron chi connectivity index (χ1n) is 6.58. The lowest BCUT2D eigenvalue weighted by atomic mass is 10.2. The number of carbonyl (C=O) groups is 1. The zero-order valence-electron chi connectivity index (χ0n) is 11.9. The Balaban J connectivity index is 2.80. The lowest BCUT2D eigenvalue weighted by Gasteiger charge is -2.09. The summed E-state index contributed by atoms with van der Waals surface area (Å²) >= 11 is 0. The number of unbranched alkanes of at least 4 members (excludes halogenated alkanes) is 2. The van der Waals surface area contributed by atoms with Crippen LogP contribution in [0.1, 0.15) is 32.6 Å². The number of hydrogen-bond acceptors (Lipinski definition) is 4. The third kappa shape index (κ3) is 4.47. The molecule has 0 saturated heterocycles. The molecule has 0 heterocycles. The van der Waals surface area contributed by atoms with Crippen LogP contribution in [0.15, 0.2) is 35.0 Å². The van der Waals surface area contributed by atoms with Crippen LogP contribution in [0.3, 0.4) is 0 Å². The first-order valence-corrected chi connectivity index (χ1v) is 6.58. The third-order valence-electron chi connectivity index (χ3n) is 2.90. The van der Waals surface area contributed by atoms with Gasteiger partial charge in [0, 0.05) is 12.5 Å². The van der Waals surface area contributed by atoms with Gasteiger partial charge in [-0.05, 0) is 12.5 Å². The molecule has 0 aromatic rings. The number of rotatable bonds is 8. The molecule has 0 radical (unpaired) electrons. The van der Waals surface area contributed by atoms with Crippen LogP contribution in [0.2, 0.25) is 0 Å². The Bertz CT molecular complexity index is 391. The predicted octanol–water partition coefficient (Wildman–Crippen LogP) is 3.11. The van der Waals surface area contributed by atoms with E-state index in [-0.39, 0.29) is 0 Å². The highest BCUT2D eigenvalue weighted by Gasteiger charge is 2.16. The van der Waals surface area contributed by atoms with E-state index >= 15 is 0 Å². The van der Waals surface area contributed by atoms with E-state index in [1.54, 1.807) is 6.08 Å². The minimum Gasteiger partial charge on any atom is -0.497 e. The smallest absolute Gasteiger partial charge is 0.157 e. The molecule has 0 unspecified atom stereocenters. The van der Waals surface area contributed by atoms with Crippen molar-refractivity contribution in [2.45, 2.75) is 32.6 Å². The maximum atomic E-state index is 11.1. The molecule has 0 amide bonds. The van der Waals surface area contributed by atoms with Gasteiger partial charge in [-0.1, -0.05) is 19.8 Å². The summed E-state index contributed by atoms with van der Waals surface area (Å²) in [5, 5.41) is 0. The standard InChI is InChI=1S/C15H22O4/c1-4-5-6-9-19-12-7-8-14(17-2)13(11-16)15(10-12)18-3/h8,10-11H,4-7,9H2,1-3H3. The van der Waals surface area contributed by atoms with Crippen LogP contribution in [0.5, 0.6) is 0 Å². The van der Waals surface area contributed by atoms with Gasteiger partial charge in [-0.15, -0.1) is 0 Å². The monoisotopic (exact) mass is 266 g/mol. The molecule has 0 saturated carbocycles. The molecular weight excluding hydrogens is 244 g/mol. The molecule has 4 nitrogen and oxygen atoms in total. The molecular formula is C15H22O4. The SMILES string of the molecule is CCCCCOC1=CC(OC)=C(C=O)C(OC)=CC1. The van der Waals surface area contributed by atoms with E-state index < -0.39 is 0 Å². The van der Waals surface area contributed by atoms with E-state index in [0.717, 1.165) is 31.3 Å². The van der Waals surface area contributed by atoms with Crippen molar-refractivity contribution >= 4 is 6.29 Å². The van der Waals surface area contributed by atoms with E-state index in [1.807, 2.05) is 6.08 Å². The van der Waals surface area contributed by atoms with Gasteiger partial charge < -0.3 is 14.2 Å². The second-order valence-electron chi connectivity index (χ2n) is 4.24. The maximum Gasteiger partial charge on any atom is 0.157 e. The van der Waals surface area contributed by atoms with Crippen LogP contribution in [-0.4, -0.2) is 27.1 Å². The highest BCUT2D eigenvalue weighted by Crippen LogP contribution is 2.24. The van der Waals surface area contributed by atoms with E-state index in [4.69, 9.17) is 14.2 Å². The van der Waals surface area contributed by atoms with Gasteiger partial charge >= 0.3 is 0 Å². The summed E-state index contributed by atoms with van der Waals surface area (Å²) in [5.74, 6) is 1.79. The van der Waals surface area contributed by atoms with Crippen molar-refractivity contribution in [3.05, 3.63) is 35.0 Å². The summed E-state index contributed by atoms with van der Waals surface area (Å²) in [6.45, 7) is 2.84. The number of hydrogen-bond donors (Lipinski definition) is 0. The summed E-state index contributed by atoms with van der Waals surface area (Å²) in [6, 6.07) is 0. The Morgan fingerprint density at radius 1 is 1.26 bits per heavy atom. The lowest BCUT2D eigenvalue weighted by molar-refractivity contribution is -0.105. The Morgan fingerprint density at radius 2 is 2.05 bits per heavy atom. The minimum atomic E-state index is 0.414. The molecule has 0 fully saturated rings. The summed E-state index contributed by atoms with van der Waals surface area (Å²) in [6.07, 6.45) is 8.28. The van der Waals surface area contributed by atoms with Gasteiger partial charge in [0.2, 0.25) is 0 Å². The maximum absolute atomic E-state index is 11.1. The van der Waals surface area contributed by atoms with Crippen LogP contribution in [-0.2, 0) is 19.0 Å². The van der Waals surface area contributed by atoms with E-state index in [0.29, 0.717) is 30.1 Å². The van der Waals surface area contributed by atoms with Crippen molar-refractivity contribution < 1.29 is 19.0 Å². The van der Waals surface area contributed by atoms with E-state index in [9.17, 15) is 4.79 Å². The van der Waals surface area contributed by atoms with Crippen LogP contribution < -0.4 is 0 Å². The van der Waals surface area contributed by atoms with Gasteiger partial charge in [-0.25, -0.2) is 0 Å². The van der Waals surface area contributed by atoms with E-state index in [1.165, 1.54) is 14.2 Å². The molecule has 0 N–H and O–H groups in total. The summed E-state index contributed by atoms with van der Waals surface area (Å²) in [7, 11) is 3.07. The summed E-state index contributed by atoms with van der Waals surface area (Å²) in [5.41, 5.74) is 0.414. The number of methoxy groups -OCH3 is 2. The molecule has 0 atom stereocenters. The van der Waals surface area contributed by atoms with Gasteiger partial charge in [0.05, 0.1) is 26.4 Å². The predicted molar refractivity (Wildman–Crippen MR) is 73.4 cm³/mol. The average molecular weight is 266 g/mol. The fourth-order valence-electron chi connectivity index (χ4n) is 1.84. The average Bonchev–Trinajstić information content (AvgIpc) is 2.61. The van der Waals surface area contributed by atoms with E-state index in [2.05, 4.69) is 6.92 Å². The van der Waals surface area contributed by atoms with Gasteiger partial charge in [0.1, 0.15) is 17.3 Å². The zero-order chi connectivity index (χ0) is 14.1. The molecule has 0 spiro atoms. The van der Waals surface area contributed by atoms with Crippen LogP contribution in [0.4, 0.5) is 0 Å². The lowest BCUT2D eigenvalue weighted by Crippen LogP contribution is -1.99. The van der Waals surface area contributed by atoms with Gasteiger partial charge in [0.25, 0.3) is 0 Å². The minimum absolute atomic E-state index is 0.414. The molecule has 19 heavy (non-hydrogen) atoms. The summed E-state index contributed by atoms with van der Waals surface area (Å²) in [4.78, 5) is 11.1. The second-order valence-corrected chi connectivity index (χ2v) is 4.24. The molecule has 4 heteroatoms. The van der Waals surface area contributed by atoms with Gasteiger partial charge in [-0.2, -0.15) is 0 Å². The first kappa shape index (κ1) is 15.3. The van der Waals surface area contributed by atoms with Crippen molar-refractivity contribution in [3.8, 4) is 0 Å². The third-order valence-corrected chi connectivity index (χ3v) is 2.90. The molecule has 1 aliphatic carbocycles. The molecule has 0 aromatic carbocycles.